The van der Waals surface area contributed by atoms with Crippen LogP contribution < -0.4 is 5.84 Å². The van der Waals surface area contributed by atoms with Gasteiger partial charge in [0.1, 0.15) is 0 Å². The second-order valence-electron chi connectivity index (χ2n) is 3.00. The lowest BCUT2D eigenvalue weighted by atomic mass is 10.2. The third-order valence-corrected chi connectivity index (χ3v) is 3.59. The van der Waals surface area contributed by atoms with E-state index in [-0.39, 0.29) is 5.03 Å². The summed E-state index contributed by atoms with van der Waals surface area (Å²) >= 11 is 3.27. The molecule has 0 aliphatic rings. The number of nitrogens with zero attached hydrogens (tertiary/aromatic N) is 1. The highest BCUT2D eigenvalue weighted by Gasteiger charge is 2.18. The number of hydrogen-bond acceptors (Lipinski definition) is 3. The van der Waals surface area contributed by atoms with E-state index >= 15 is 0 Å². The van der Waals surface area contributed by atoms with Crippen molar-refractivity contribution < 1.29 is 13.0 Å². The fourth-order valence-corrected chi connectivity index (χ4v) is 2.47. The molecule has 0 bridgehead atoms. The van der Waals surface area contributed by atoms with Crippen molar-refractivity contribution in [1.29, 1.82) is 0 Å². The van der Waals surface area contributed by atoms with Crippen LogP contribution in [0.5, 0.6) is 0 Å². The molecule has 0 spiro atoms. The fourth-order valence-electron chi connectivity index (χ4n) is 1.39. The first-order chi connectivity index (χ1) is 6.91. The lowest BCUT2D eigenvalue weighted by Crippen LogP contribution is -2.15. The molecule has 0 amide bonds. The van der Waals surface area contributed by atoms with Crippen LogP contribution in [0.2, 0.25) is 0 Å². The van der Waals surface area contributed by atoms with Crippen LogP contribution in [0.1, 0.15) is 0 Å². The van der Waals surface area contributed by atoms with E-state index in [1.807, 2.05) is 0 Å². The number of benzene rings is 1. The highest BCUT2D eigenvalue weighted by molar-refractivity contribution is 9.10. The smallest absolute Gasteiger partial charge is 0.312 e. The molecule has 0 unspecified atom stereocenters. The molecule has 80 valence electrons. The van der Waals surface area contributed by atoms with Crippen LogP contribution in [0.4, 0.5) is 0 Å². The van der Waals surface area contributed by atoms with Gasteiger partial charge in [-0.2, -0.15) is 8.42 Å². The van der Waals surface area contributed by atoms with Gasteiger partial charge < -0.3 is 5.84 Å². The average molecular weight is 291 g/mol. The summed E-state index contributed by atoms with van der Waals surface area (Å²) in [6.45, 7) is 0. The lowest BCUT2D eigenvalue weighted by Gasteiger charge is -2.00. The zero-order chi connectivity index (χ0) is 11.2. The van der Waals surface area contributed by atoms with Gasteiger partial charge in [0, 0.05) is 9.86 Å². The zero-order valence-electron chi connectivity index (χ0n) is 7.38. The van der Waals surface area contributed by atoms with Crippen molar-refractivity contribution in [3.63, 3.8) is 0 Å². The van der Waals surface area contributed by atoms with Crippen LogP contribution >= 0.6 is 15.9 Å². The van der Waals surface area contributed by atoms with Gasteiger partial charge in [-0.3, -0.25) is 4.55 Å². The molecule has 3 N–H and O–H groups in total. The Morgan fingerprint density at radius 1 is 1.40 bits per heavy atom. The molecule has 0 saturated heterocycles. The van der Waals surface area contributed by atoms with Crippen LogP contribution in [0.3, 0.4) is 0 Å². The molecule has 5 nitrogen and oxygen atoms in total. The Balaban J connectivity index is 2.93. The maximum Gasteiger partial charge on any atom is 0.312 e. The predicted molar refractivity (Wildman–Crippen MR) is 59.6 cm³/mol. The normalized spacial score (nSPS) is 12.1. The molecule has 0 atom stereocenters. The second kappa shape index (κ2) is 3.22. The molecule has 1 heterocycles. The number of halogens is 1. The van der Waals surface area contributed by atoms with E-state index in [2.05, 4.69) is 15.9 Å². The number of aromatic nitrogens is 1. The first-order valence-electron chi connectivity index (χ1n) is 3.94. The van der Waals surface area contributed by atoms with E-state index in [1.165, 1.54) is 6.07 Å². The van der Waals surface area contributed by atoms with Crippen molar-refractivity contribution >= 4 is 37.0 Å². The molecule has 0 aliphatic carbocycles. The molecule has 0 fully saturated rings. The molecule has 0 radical (unpaired) electrons. The van der Waals surface area contributed by atoms with Gasteiger partial charge in [0.15, 0.2) is 5.03 Å². The van der Waals surface area contributed by atoms with Gasteiger partial charge in [-0.25, -0.2) is 4.68 Å². The molecule has 0 aliphatic heterocycles. The summed E-state index contributed by atoms with van der Waals surface area (Å²) in [6.07, 6.45) is 0. The first-order valence-corrected chi connectivity index (χ1v) is 6.17. The second-order valence-corrected chi connectivity index (χ2v) is 5.22. The molecule has 1 aromatic heterocycles. The van der Waals surface area contributed by atoms with Crippen molar-refractivity contribution in [3.05, 3.63) is 28.7 Å². The third kappa shape index (κ3) is 1.62. The van der Waals surface area contributed by atoms with Crippen LogP contribution in [0.25, 0.3) is 10.9 Å². The van der Waals surface area contributed by atoms with Crippen LogP contribution in [-0.2, 0) is 10.1 Å². The minimum absolute atomic E-state index is 0.329. The van der Waals surface area contributed by atoms with Crippen molar-refractivity contribution in [2.24, 2.45) is 0 Å². The van der Waals surface area contributed by atoms with Gasteiger partial charge in [-0.1, -0.05) is 22.0 Å². The van der Waals surface area contributed by atoms with Gasteiger partial charge in [-0.05, 0) is 18.2 Å². The Morgan fingerprint density at radius 2 is 2.07 bits per heavy atom. The van der Waals surface area contributed by atoms with Crippen molar-refractivity contribution in [2.45, 2.75) is 5.03 Å². The summed E-state index contributed by atoms with van der Waals surface area (Å²) in [7, 11) is -4.29. The highest BCUT2D eigenvalue weighted by atomic mass is 79.9. The maximum absolute atomic E-state index is 11.0. The number of nitrogen functional groups attached to an aromatic ring is 1. The monoisotopic (exact) mass is 290 g/mol. The molecular formula is C8H7BrN2O3S. The van der Waals surface area contributed by atoms with Gasteiger partial charge in [0.25, 0.3) is 0 Å². The summed E-state index contributed by atoms with van der Waals surface area (Å²) in [5, 5.41) is 0.303. The minimum atomic E-state index is -4.29. The average Bonchev–Trinajstić information content (AvgIpc) is 2.45. The minimum Gasteiger partial charge on any atom is -0.338 e. The summed E-state index contributed by atoms with van der Waals surface area (Å²) in [5.41, 5.74) is 0.525. The summed E-state index contributed by atoms with van der Waals surface area (Å²) in [4.78, 5) is 0. The van der Waals surface area contributed by atoms with Crippen LogP contribution in [0, 0.1) is 0 Å². The topological polar surface area (TPSA) is 85.3 Å². The van der Waals surface area contributed by atoms with E-state index in [9.17, 15) is 8.42 Å². The Morgan fingerprint density at radius 3 is 2.60 bits per heavy atom. The summed E-state index contributed by atoms with van der Waals surface area (Å²) < 4.78 is 32.5. The van der Waals surface area contributed by atoms with Crippen LogP contribution in [-0.4, -0.2) is 17.6 Å². The SMILES string of the molecule is Nn1c(S(=O)(=O)O)cc2c(Br)cccc21. The molecule has 0 saturated carbocycles. The number of hydrogen-bond donors (Lipinski definition) is 2. The van der Waals surface area contributed by atoms with E-state index in [1.54, 1.807) is 18.2 Å². The molecular weight excluding hydrogens is 284 g/mol. The molecule has 2 rings (SSSR count). The van der Waals surface area contributed by atoms with Crippen molar-refractivity contribution in [2.75, 3.05) is 5.84 Å². The summed E-state index contributed by atoms with van der Waals surface area (Å²) in [6, 6.07) is 6.46. The number of rotatable bonds is 1. The largest absolute Gasteiger partial charge is 0.338 e. The summed E-state index contributed by atoms with van der Waals surface area (Å²) in [5.74, 6) is 5.55. The highest BCUT2D eigenvalue weighted by Crippen LogP contribution is 2.27. The number of fused-ring (bicyclic) bond motifs is 1. The Hall–Kier alpha value is -1.05. The van der Waals surface area contributed by atoms with Crippen molar-refractivity contribution in [3.8, 4) is 0 Å². The van der Waals surface area contributed by atoms with E-state index in [0.717, 1.165) is 4.68 Å². The molecule has 15 heavy (non-hydrogen) atoms. The lowest BCUT2D eigenvalue weighted by molar-refractivity contribution is 0.476. The first kappa shape index (κ1) is 10.5. The Bertz CT molecular complexity index is 633. The quantitative estimate of drug-likeness (QED) is 0.613. The zero-order valence-corrected chi connectivity index (χ0v) is 9.79. The molecule has 2 aromatic rings. The Labute approximate surface area is 94.3 Å². The van der Waals surface area contributed by atoms with E-state index in [4.69, 9.17) is 10.4 Å². The van der Waals surface area contributed by atoms with Gasteiger partial charge in [0.2, 0.25) is 0 Å². The van der Waals surface area contributed by atoms with Crippen LogP contribution in [0.15, 0.2) is 33.8 Å². The van der Waals surface area contributed by atoms with E-state index < -0.39 is 10.1 Å². The van der Waals surface area contributed by atoms with Gasteiger partial charge in [0.05, 0.1) is 5.52 Å². The maximum atomic E-state index is 11.0. The fraction of sp³-hybridized carbons (Fsp3) is 0. The molecule has 1 aromatic carbocycles. The molecule has 7 heteroatoms. The third-order valence-electron chi connectivity index (χ3n) is 2.06. The Kier molecular flexibility index (Phi) is 2.25. The standard InChI is InChI=1S/C8H7BrN2O3S/c9-6-2-1-3-7-5(6)4-8(11(7)10)15(12,13)14/h1-4H,10H2,(H,12,13,14). The van der Waals surface area contributed by atoms with Crippen molar-refractivity contribution in [1.82, 2.24) is 4.68 Å². The van der Waals surface area contributed by atoms with Gasteiger partial charge in [-0.15, -0.1) is 0 Å². The van der Waals surface area contributed by atoms with Gasteiger partial charge >= 0.3 is 10.1 Å². The number of nitrogens with two attached hydrogens (primary N) is 1. The predicted octanol–water partition coefficient (Wildman–Crippen LogP) is 1.36. The van der Waals surface area contributed by atoms with E-state index in [0.29, 0.717) is 15.4 Å².